The van der Waals surface area contributed by atoms with E-state index in [2.05, 4.69) is 5.32 Å². The molecule has 0 aromatic heterocycles. The van der Waals surface area contributed by atoms with Gasteiger partial charge in [-0.2, -0.15) is 0 Å². The van der Waals surface area contributed by atoms with Gasteiger partial charge in [0, 0.05) is 31.8 Å². The van der Waals surface area contributed by atoms with Gasteiger partial charge in [-0.15, -0.1) is 0 Å². The largest absolute Gasteiger partial charge is 0.342 e. The summed E-state index contributed by atoms with van der Waals surface area (Å²) in [7, 11) is 1.92. The van der Waals surface area contributed by atoms with Crippen LogP contribution >= 0.6 is 0 Å². The third kappa shape index (κ3) is 2.94. The number of hydrogen-bond acceptors (Lipinski definition) is 2. The highest BCUT2D eigenvalue weighted by Gasteiger charge is 2.49. The maximum atomic E-state index is 12.7. The zero-order chi connectivity index (χ0) is 12.5. The molecule has 1 saturated heterocycles. The molecule has 1 aliphatic heterocycles. The quantitative estimate of drug-likeness (QED) is 0.818. The minimum Gasteiger partial charge on any atom is -0.342 e. The molecular formula is C12H20F2N2O. The first kappa shape index (κ1) is 12.7. The highest BCUT2D eigenvalue weighted by molar-refractivity contribution is 5.80. The van der Waals surface area contributed by atoms with E-state index < -0.39 is 11.8 Å². The second-order valence-electron chi connectivity index (χ2n) is 5.29. The molecule has 98 valence electrons. The second-order valence-corrected chi connectivity index (χ2v) is 5.29. The normalized spacial score (nSPS) is 25.7. The number of nitrogens with one attached hydrogen (secondary N) is 1. The number of carbonyl (C=O) groups excluding carboxylic acids is 1. The fourth-order valence-electron chi connectivity index (χ4n) is 2.74. The van der Waals surface area contributed by atoms with Crippen molar-refractivity contribution in [1.29, 1.82) is 0 Å². The summed E-state index contributed by atoms with van der Waals surface area (Å²) in [5, 5.41) is 3.13. The highest BCUT2D eigenvalue weighted by Crippen LogP contribution is 2.43. The zero-order valence-electron chi connectivity index (χ0n) is 10.2. The van der Waals surface area contributed by atoms with E-state index in [9.17, 15) is 13.6 Å². The van der Waals surface area contributed by atoms with Gasteiger partial charge in [0.05, 0.1) is 0 Å². The lowest BCUT2D eigenvalue weighted by atomic mass is 9.80. The van der Waals surface area contributed by atoms with Crippen LogP contribution in [0.15, 0.2) is 0 Å². The fraction of sp³-hybridized carbons (Fsp3) is 0.917. The summed E-state index contributed by atoms with van der Waals surface area (Å²) in [4.78, 5) is 13.7. The lowest BCUT2D eigenvalue weighted by Crippen LogP contribution is -2.49. The van der Waals surface area contributed by atoms with Crippen LogP contribution in [0.5, 0.6) is 0 Å². The Balaban J connectivity index is 1.75. The maximum absolute atomic E-state index is 12.7. The Morgan fingerprint density at radius 2 is 1.94 bits per heavy atom. The summed E-state index contributed by atoms with van der Waals surface area (Å²) in [6, 6.07) is 0. The molecule has 0 radical (unpaired) electrons. The monoisotopic (exact) mass is 246 g/mol. The van der Waals surface area contributed by atoms with Crippen molar-refractivity contribution < 1.29 is 13.6 Å². The van der Waals surface area contributed by atoms with Gasteiger partial charge in [-0.05, 0) is 32.4 Å². The molecule has 0 unspecified atom stereocenters. The number of nitrogens with zero attached hydrogens (tertiary/aromatic N) is 1. The lowest BCUT2D eigenvalue weighted by molar-refractivity contribution is -0.161. The van der Waals surface area contributed by atoms with E-state index in [1.54, 1.807) is 4.90 Å². The van der Waals surface area contributed by atoms with E-state index in [1.807, 2.05) is 7.05 Å². The summed E-state index contributed by atoms with van der Waals surface area (Å²) in [6.45, 7) is 2.43. The van der Waals surface area contributed by atoms with Crippen LogP contribution in [-0.2, 0) is 4.79 Å². The van der Waals surface area contributed by atoms with Crippen molar-refractivity contribution in [3.63, 3.8) is 0 Å². The molecule has 0 aromatic rings. The van der Waals surface area contributed by atoms with Crippen LogP contribution in [0.2, 0.25) is 0 Å². The van der Waals surface area contributed by atoms with Crippen LogP contribution in [0.25, 0.3) is 0 Å². The summed E-state index contributed by atoms with van der Waals surface area (Å²) in [6.07, 6.45) is 1.47. The van der Waals surface area contributed by atoms with Gasteiger partial charge in [-0.1, -0.05) is 0 Å². The van der Waals surface area contributed by atoms with Crippen LogP contribution < -0.4 is 5.32 Å². The molecule has 1 N–H and O–H groups in total. The first-order chi connectivity index (χ1) is 8.02. The van der Waals surface area contributed by atoms with E-state index in [-0.39, 0.29) is 18.7 Å². The molecule has 0 aromatic carbocycles. The Labute approximate surface area is 101 Å². The van der Waals surface area contributed by atoms with E-state index in [0.29, 0.717) is 5.92 Å². The lowest BCUT2D eigenvalue weighted by Gasteiger charge is -2.39. The molecule has 1 amide bonds. The molecule has 0 bridgehead atoms. The molecule has 0 spiro atoms. The van der Waals surface area contributed by atoms with Crippen LogP contribution in [0.4, 0.5) is 8.78 Å². The van der Waals surface area contributed by atoms with Crippen LogP contribution in [0.3, 0.4) is 0 Å². The van der Waals surface area contributed by atoms with Gasteiger partial charge < -0.3 is 10.2 Å². The number of piperidine rings is 1. The minimum absolute atomic E-state index is 0.0566. The average Bonchev–Trinajstić information content (AvgIpc) is 2.26. The molecule has 2 fully saturated rings. The number of carbonyl (C=O) groups is 1. The Morgan fingerprint density at radius 1 is 1.35 bits per heavy atom. The standard InChI is InChI=1S/C12H20F2N2O/c1-15-8-9-2-4-16(5-3-9)11(17)10-6-12(13,14)7-10/h9-10,15H,2-8H2,1H3. The molecule has 1 heterocycles. The van der Waals surface area contributed by atoms with Gasteiger partial charge in [-0.3, -0.25) is 4.79 Å². The predicted molar refractivity (Wildman–Crippen MR) is 60.9 cm³/mol. The molecule has 2 rings (SSSR count). The number of rotatable bonds is 3. The first-order valence-electron chi connectivity index (χ1n) is 6.33. The summed E-state index contributed by atoms with van der Waals surface area (Å²) in [5.41, 5.74) is 0. The maximum Gasteiger partial charge on any atom is 0.249 e. The molecule has 1 aliphatic carbocycles. The molecule has 1 saturated carbocycles. The van der Waals surface area contributed by atoms with Gasteiger partial charge in [0.25, 0.3) is 0 Å². The van der Waals surface area contributed by atoms with Gasteiger partial charge in [0.15, 0.2) is 0 Å². The Hall–Kier alpha value is -0.710. The minimum atomic E-state index is -2.59. The van der Waals surface area contributed by atoms with Crippen molar-refractivity contribution in [2.24, 2.45) is 11.8 Å². The number of hydrogen-bond donors (Lipinski definition) is 1. The van der Waals surface area contributed by atoms with Crippen LogP contribution in [0.1, 0.15) is 25.7 Å². The van der Waals surface area contributed by atoms with Gasteiger partial charge in [0.1, 0.15) is 0 Å². The number of likely N-dealkylation sites (tertiary alicyclic amines) is 1. The number of amides is 1. The molecule has 2 aliphatic rings. The Kier molecular flexibility index (Phi) is 3.66. The highest BCUT2D eigenvalue weighted by atomic mass is 19.3. The van der Waals surface area contributed by atoms with Crippen molar-refractivity contribution in [3.05, 3.63) is 0 Å². The van der Waals surface area contributed by atoms with Crippen molar-refractivity contribution in [3.8, 4) is 0 Å². The summed E-state index contributed by atoms with van der Waals surface area (Å²) in [5.74, 6) is -2.46. The van der Waals surface area contributed by atoms with Gasteiger partial charge in [-0.25, -0.2) is 8.78 Å². The van der Waals surface area contributed by atoms with E-state index in [0.717, 1.165) is 32.5 Å². The van der Waals surface area contributed by atoms with E-state index >= 15 is 0 Å². The first-order valence-corrected chi connectivity index (χ1v) is 6.33. The summed E-state index contributed by atoms with van der Waals surface area (Å²) >= 11 is 0. The van der Waals surface area contributed by atoms with Gasteiger partial charge in [0.2, 0.25) is 11.8 Å². The molecule has 17 heavy (non-hydrogen) atoms. The van der Waals surface area contributed by atoms with E-state index in [1.165, 1.54) is 0 Å². The SMILES string of the molecule is CNCC1CCN(C(=O)C2CC(F)(F)C2)CC1. The van der Waals surface area contributed by atoms with Crippen molar-refractivity contribution in [2.75, 3.05) is 26.7 Å². The topological polar surface area (TPSA) is 32.3 Å². The molecular weight excluding hydrogens is 226 g/mol. The zero-order valence-corrected chi connectivity index (χ0v) is 10.2. The Bertz CT molecular complexity index is 280. The van der Waals surface area contributed by atoms with Crippen molar-refractivity contribution in [1.82, 2.24) is 10.2 Å². The third-order valence-corrected chi connectivity index (χ3v) is 3.86. The van der Waals surface area contributed by atoms with Crippen LogP contribution in [-0.4, -0.2) is 43.4 Å². The number of alkyl halides is 2. The Morgan fingerprint density at radius 3 is 2.41 bits per heavy atom. The smallest absolute Gasteiger partial charge is 0.249 e. The summed E-state index contributed by atoms with van der Waals surface area (Å²) < 4.78 is 25.4. The van der Waals surface area contributed by atoms with Crippen LogP contribution in [0, 0.1) is 11.8 Å². The van der Waals surface area contributed by atoms with Crippen molar-refractivity contribution >= 4 is 5.91 Å². The number of halogens is 2. The molecule has 0 atom stereocenters. The third-order valence-electron chi connectivity index (χ3n) is 3.86. The van der Waals surface area contributed by atoms with E-state index in [4.69, 9.17) is 0 Å². The average molecular weight is 246 g/mol. The predicted octanol–water partition coefficient (Wildman–Crippen LogP) is 1.49. The van der Waals surface area contributed by atoms with Crippen molar-refractivity contribution in [2.45, 2.75) is 31.6 Å². The van der Waals surface area contributed by atoms with Gasteiger partial charge >= 0.3 is 0 Å². The molecule has 3 nitrogen and oxygen atoms in total. The fourth-order valence-corrected chi connectivity index (χ4v) is 2.74. The second kappa shape index (κ2) is 4.88. The molecule has 5 heteroatoms.